The van der Waals surface area contributed by atoms with Crippen LogP contribution in [0.1, 0.15) is 41.6 Å². The number of nitrogens with zero attached hydrogens (tertiary/aromatic N) is 1. The van der Waals surface area contributed by atoms with Crippen LogP contribution in [0.25, 0.3) is 6.08 Å². The van der Waals surface area contributed by atoms with Crippen molar-refractivity contribution in [1.82, 2.24) is 10.2 Å². The molecule has 0 saturated carbocycles. The maximum absolute atomic E-state index is 14.8. The SMILES string of the molecule is CC(=O)N1C=Cc2ccccc2C1CC(=O)Nc1ccc2c(c1F)CCNC2. The van der Waals surface area contributed by atoms with Gasteiger partial charge in [-0.2, -0.15) is 0 Å². The van der Waals surface area contributed by atoms with Crippen molar-refractivity contribution >= 4 is 23.6 Å². The maximum Gasteiger partial charge on any atom is 0.226 e. The number of carbonyl (C=O) groups excluding carboxylic acids is 2. The number of halogens is 1. The zero-order valence-corrected chi connectivity index (χ0v) is 15.7. The first-order valence-electron chi connectivity index (χ1n) is 9.41. The summed E-state index contributed by atoms with van der Waals surface area (Å²) in [6.45, 7) is 2.83. The van der Waals surface area contributed by atoms with E-state index < -0.39 is 6.04 Å². The molecule has 28 heavy (non-hydrogen) atoms. The van der Waals surface area contributed by atoms with Crippen LogP contribution in [0.5, 0.6) is 0 Å². The van der Waals surface area contributed by atoms with Crippen LogP contribution in [0.15, 0.2) is 42.6 Å². The summed E-state index contributed by atoms with van der Waals surface area (Å²) in [5, 5.41) is 5.91. The molecule has 0 radical (unpaired) electrons. The molecule has 6 heteroatoms. The van der Waals surface area contributed by atoms with Crippen LogP contribution in [0, 0.1) is 5.82 Å². The van der Waals surface area contributed by atoms with Crippen LogP contribution in [0.3, 0.4) is 0 Å². The molecular formula is C22H22FN3O2. The van der Waals surface area contributed by atoms with Gasteiger partial charge in [0.2, 0.25) is 11.8 Å². The van der Waals surface area contributed by atoms with E-state index in [2.05, 4.69) is 10.6 Å². The molecule has 0 saturated heterocycles. The lowest BCUT2D eigenvalue weighted by Crippen LogP contribution is -2.33. The van der Waals surface area contributed by atoms with Gasteiger partial charge in [0.1, 0.15) is 5.82 Å². The third kappa shape index (κ3) is 3.43. The molecule has 1 unspecified atom stereocenters. The quantitative estimate of drug-likeness (QED) is 0.860. The normalized spacial score (nSPS) is 17.6. The summed E-state index contributed by atoms with van der Waals surface area (Å²) in [5.74, 6) is -0.829. The van der Waals surface area contributed by atoms with Gasteiger partial charge in [0.25, 0.3) is 0 Å². The number of amides is 2. The minimum absolute atomic E-state index is 0.0546. The predicted molar refractivity (Wildman–Crippen MR) is 106 cm³/mol. The number of anilines is 1. The van der Waals surface area contributed by atoms with Crippen LogP contribution in [-0.2, 0) is 22.6 Å². The number of nitrogens with one attached hydrogen (secondary N) is 2. The number of rotatable bonds is 3. The fourth-order valence-electron chi connectivity index (χ4n) is 3.92. The molecule has 1 atom stereocenters. The Hall–Kier alpha value is -2.99. The average molecular weight is 379 g/mol. The second-order valence-electron chi connectivity index (χ2n) is 7.13. The number of hydrogen-bond acceptors (Lipinski definition) is 3. The topological polar surface area (TPSA) is 61.4 Å². The average Bonchev–Trinajstić information content (AvgIpc) is 2.70. The lowest BCUT2D eigenvalue weighted by Gasteiger charge is -2.32. The third-order valence-corrected chi connectivity index (χ3v) is 5.33. The summed E-state index contributed by atoms with van der Waals surface area (Å²) in [7, 11) is 0. The number of fused-ring (bicyclic) bond motifs is 2. The minimum Gasteiger partial charge on any atom is -0.324 e. The second kappa shape index (κ2) is 7.56. The summed E-state index contributed by atoms with van der Waals surface area (Å²) in [5.41, 5.74) is 3.67. The number of carbonyl (C=O) groups is 2. The minimum atomic E-state index is -0.413. The summed E-state index contributed by atoms with van der Waals surface area (Å²) in [6.07, 6.45) is 4.22. The van der Waals surface area contributed by atoms with Crippen LogP contribution < -0.4 is 10.6 Å². The van der Waals surface area contributed by atoms with Crippen molar-refractivity contribution in [2.24, 2.45) is 0 Å². The largest absolute Gasteiger partial charge is 0.324 e. The van der Waals surface area contributed by atoms with Crippen molar-refractivity contribution in [3.63, 3.8) is 0 Å². The predicted octanol–water partition coefficient (Wildman–Crippen LogP) is 3.37. The van der Waals surface area contributed by atoms with Crippen molar-refractivity contribution in [3.05, 3.63) is 70.7 Å². The highest BCUT2D eigenvalue weighted by Crippen LogP contribution is 2.33. The van der Waals surface area contributed by atoms with Crippen molar-refractivity contribution < 1.29 is 14.0 Å². The van der Waals surface area contributed by atoms with E-state index in [1.807, 2.05) is 36.4 Å². The van der Waals surface area contributed by atoms with E-state index in [0.29, 0.717) is 18.5 Å². The van der Waals surface area contributed by atoms with Gasteiger partial charge < -0.3 is 15.5 Å². The van der Waals surface area contributed by atoms with Crippen LogP contribution in [0.4, 0.5) is 10.1 Å². The fraction of sp³-hybridized carbons (Fsp3) is 0.273. The van der Waals surface area contributed by atoms with Crippen molar-refractivity contribution in [2.75, 3.05) is 11.9 Å². The lowest BCUT2D eigenvalue weighted by atomic mass is 9.93. The van der Waals surface area contributed by atoms with E-state index in [9.17, 15) is 14.0 Å². The summed E-state index contributed by atoms with van der Waals surface area (Å²) in [6, 6.07) is 10.7. The molecule has 0 spiro atoms. The van der Waals surface area contributed by atoms with Gasteiger partial charge in [-0.15, -0.1) is 0 Å². The van der Waals surface area contributed by atoms with Crippen LogP contribution in [-0.4, -0.2) is 23.3 Å². The van der Waals surface area contributed by atoms with E-state index in [-0.39, 0.29) is 29.7 Å². The van der Waals surface area contributed by atoms with Crippen LogP contribution >= 0.6 is 0 Å². The second-order valence-corrected chi connectivity index (χ2v) is 7.13. The zero-order chi connectivity index (χ0) is 19.7. The highest BCUT2D eigenvalue weighted by atomic mass is 19.1. The van der Waals surface area contributed by atoms with Crippen molar-refractivity contribution in [3.8, 4) is 0 Å². The molecule has 4 rings (SSSR count). The molecule has 2 aromatic rings. The van der Waals surface area contributed by atoms with Gasteiger partial charge >= 0.3 is 0 Å². The van der Waals surface area contributed by atoms with E-state index in [4.69, 9.17) is 0 Å². The molecular weight excluding hydrogens is 357 g/mol. The maximum atomic E-state index is 14.8. The van der Waals surface area contributed by atoms with Gasteiger partial charge in [-0.25, -0.2) is 4.39 Å². The van der Waals surface area contributed by atoms with Gasteiger partial charge in [-0.3, -0.25) is 9.59 Å². The smallest absolute Gasteiger partial charge is 0.226 e. The summed E-state index contributed by atoms with van der Waals surface area (Å²) >= 11 is 0. The van der Waals surface area contributed by atoms with E-state index in [1.54, 1.807) is 17.2 Å². The number of hydrogen-bond donors (Lipinski definition) is 2. The van der Waals surface area contributed by atoms with Gasteiger partial charge in [-0.1, -0.05) is 30.3 Å². The first kappa shape index (κ1) is 18.4. The molecule has 0 fully saturated rings. The Kier molecular flexibility index (Phi) is 4.96. The molecule has 2 aromatic carbocycles. The highest BCUT2D eigenvalue weighted by Gasteiger charge is 2.28. The molecule has 2 aliphatic rings. The molecule has 2 amide bonds. The van der Waals surface area contributed by atoms with Gasteiger partial charge in [0, 0.05) is 19.7 Å². The highest BCUT2D eigenvalue weighted by molar-refractivity contribution is 5.92. The fourth-order valence-corrected chi connectivity index (χ4v) is 3.92. The molecule has 144 valence electrons. The molecule has 2 heterocycles. The Morgan fingerprint density at radius 1 is 1.25 bits per heavy atom. The van der Waals surface area contributed by atoms with Crippen LogP contribution in [0.2, 0.25) is 0 Å². The molecule has 0 aliphatic carbocycles. The third-order valence-electron chi connectivity index (χ3n) is 5.33. The molecule has 0 aromatic heterocycles. The Morgan fingerprint density at radius 2 is 2.07 bits per heavy atom. The standard InChI is InChI=1S/C22H22FN3O2/c1-14(27)26-11-9-15-4-2-3-5-17(15)20(26)12-21(28)25-19-7-6-16-13-24-10-8-18(16)22(19)23/h2-7,9,11,20,24H,8,10,12-13H2,1H3,(H,25,28). The van der Waals surface area contributed by atoms with E-state index >= 15 is 0 Å². The van der Waals surface area contributed by atoms with Gasteiger partial charge in [-0.05, 0) is 47.4 Å². The molecule has 0 bridgehead atoms. The first-order chi connectivity index (χ1) is 13.5. The molecule has 5 nitrogen and oxygen atoms in total. The number of benzene rings is 2. The Labute approximate surface area is 163 Å². The zero-order valence-electron chi connectivity index (χ0n) is 15.7. The van der Waals surface area contributed by atoms with E-state index in [1.165, 1.54) is 6.92 Å². The molecule has 2 N–H and O–H groups in total. The summed E-state index contributed by atoms with van der Waals surface area (Å²) in [4.78, 5) is 26.3. The molecule has 2 aliphatic heterocycles. The Morgan fingerprint density at radius 3 is 2.89 bits per heavy atom. The van der Waals surface area contributed by atoms with Gasteiger partial charge in [0.15, 0.2) is 0 Å². The van der Waals surface area contributed by atoms with Crippen molar-refractivity contribution in [1.29, 1.82) is 0 Å². The van der Waals surface area contributed by atoms with E-state index in [0.717, 1.165) is 23.2 Å². The summed E-state index contributed by atoms with van der Waals surface area (Å²) < 4.78 is 14.8. The first-order valence-corrected chi connectivity index (χ1v) is 9.41. The Balaban J connectivity index is 1.56. The monoisotopic (exact) mass is 379 g/mol. The van der Waals surface area contributed by atoms with Gasteiger partial charge in [0.05, 0.1) is 18.2 Å². The lowest BCUT2D eigenvalue weighted by molar-refractivity contribution is -0.129. The Bertz CT molecular complexity index is 970. The van der Waals surface area contributed by atoms with Crippen molar-refractivity contribution in [2.45, 2.75) is 32.4 Å².